The summed E-state index contributed by atoms with van der Waals surface area (Å²) in [6, 6.07) is 9.36. The standard InChI is InChI=1S/C15H12Cl2O4/c1-19-12-6-3-9(7-14(12)20-2)15(18)21-13-8-10(16)4-5-11(13)17/h3-8H,1-2H3. The minimum Gasteiger partial charge on any atom is -0.493 e. The quantitative estimate of drug-likeness (QED) is 0.623. The van der Waals surface area contributed by atoms with E-state index in [0.717, 1.165) is 0 Å². The number of carbonyl (C=O) groups excluding carboxylic acids is 1. The zero-order valence-corrected chi connectivity index (χ0v) is 12.9. The maximum Gasteiger partial charge on any atom is 0.343 e. The van der Waals surface area contributed by atoms with E-state index in [-0.39, 0.29) is 5.75 Å². The Hall–Kier alpha value is -1.91. The molecule has 0 radical (unpaired) electrons. The van der Waals surface area contributed by atoms with Gasteiger partial charge >= 0.3 is 5.97 Å². The first-order valence-corrected chi connectivity index (χ1v) is 6.70. The molecular formula is C15H12Cl2O4. The van der Waals surface area contributed by atoms with Crippen molar-refractivity contribution in [3.63, 3.8) is 0 Å². The fourth-order valence-corrected chi connectivity index (χ4v) is 2.00. The van der Waals surface area contributed by atoms with Crippen LogP contribution in [0.5, 0.6) is 17.2 Å². The fraction of sp³-hybridized carbons (Fsp3) is 0.133. The molecule has 4 nitrogen and oxygen atoms in total. The third kappa shape index (κ3) is 3.60. The molecule has 0 aliphatic rings. The van der Waals surface area contributed by atoms with E-state index in [1.807, 2.05) is 0 Å². The van der Waals surface area contributed by atoms with Crippen LogP contribution in [0.1, 0.15) is 10.4 Å². The van der Waals surface area contributed by atoms with Crippen molar-refractivity contribution < 1.29 is 19.0 Å². The highest BCUT2D eigenvalue weighted by Crippen LogP contribution is 2.30. The van der Waals surface area contributed by atoms with E-state index in [1.165, 1.54) is 26.4 Å². The molecule has 0 atom stereocenters. The average Bonchev–Trinajstić information content (AvgIpc) is 2.50. The number of hydrogen-bond acceptors (Lipinski definition) is 4. The van der Waals surface area contributed by atoms with Crippen molar-refractivity contribution in [3.05, 3.63) is 52.0 Å². The summed E-state index contributed by atoms with van der Waals surface area (Å²) < 4.78 is 15.5. The molecule has 0 amide bonds. The van der Waals surface area contributed by atoms with Gasteiger partial charge in [-0.25, -0.2) is 4.79 Å². The molecule has 110 valence electrons. The molecule has 0 N–H and O–H groups in total. The van der Waals surface area contributed by atoms with Gasteiger partial charge in [-0.2, -0.15) is 0 Å². The Morgan fingerprint density at radius 1 is 0.905 bits per heavy atom. The predicted octanol–water partition coefficient (Wildman–Crippen LogP) is 4.23. The Bertz CT molecular complexity index is 671. The predicted molar refractivity (Wildman–Crippen MR) is 81.0 cm³/mol. The van der Waals surface area contributed by atoms with Crippen molar-refractivity contribution in [1.29, 1.82) is 0 Å². The average molecular weight is 327 g/mol. The smallest absolute Gasteiger partial charge is 0.343 e. The van der Waals surface area contributed by atoms with Gasteiger partial charge < -0.3 is 14.2 Å². The molecule has 0 aromatic heterocycles. The highest BCUT2D eigenvalue weighted by atomic mass is 35.5. The summed E-state index contributed by atoms with van der Waals surface area (Å²) in [4.78, 5) is 12.1. The Kier molecular flexibility index (Phi) is 4.94. The third-order valence-electron chi connectivity index (χ3n) is 2.72. The number of esters is 1. The summed E-state index contributed by atoms with van der Waals surface area (Å²) in [5.74, 6) is 0.586. The van der Waals surface area contributed by atoms with Crippen molar-refractivity contribution in [2.75, 3.05) is 14.2 Å². The van der Waals surface area contributed by atoms with Gasteiger partial charge in [-0.1, -0.05) is 23.2 Å². The van der Waals surface area contributed by atoms with Gasteiger partial charge in [0, 0.05) is 11.1 Å². The lowest BCUT2D eigenvalue weighted by molar-refractivity contribution is 0.0734. The van der Waals surface area contributed by atoms with Gasteiger partial charge in [-0.15, -0.1) is 0 Å². The van der Waals surface area contributed by atoms with Crippen molar-refractivity contribution >= 4 is 29.2 Å². The first kappa shape index (κ1) is 15.5. The van der Waals surface area contributed by atoms with E-state index in [0.29, 0.717) is 27.1 Å². The topological polar surface area (TPSA) is 44.8 Å². The summed E-state index contributed by atoms with van der Waals surface area (Å²) >= 11 is 11.8. The molecule has 0 unspecified atom stereocenters. The summed E-state index contributed by atoms with van der Waals surface area (Å²) in [6.07, 6.45) is 0. The Balaban J connectivity index is 2.26. The van der Waals surface area contributed by atoms with E-state index in [1.54, 1.807) is 24.3 Å². The van der Waals surface area contributed by atoms with Gasteiger partial charge in [0.1, 0.15) is 0 Å². The Morgan fingerprint density at radius 3 is 2.29 bits per heavy atom. The van der Waals surface area contributed by atoms with Crippen LogP contribution < -0.4 is 14.2 Å². The highest BCUT2D eigenvalue weighted by molar-refractivity contribution is 6.34. The van der Waals surface area contributed by atoms with Crippen LogP contribution in [0.15, 0.2) is 36.4 Å². The van der Waals surface area contributed by atoms with Gasteiger partial charge in [-0.3, -0.25) is 0 Å². The highest BCUT2D eigenvalue weighted by Gasteiger charge is 2.14. The zero-order valence-electron chi connectivity index (χ0n) is 11.4. The van der Waals surface area contributed by atoms with Gasteiger partial charge in [0.15, 0.2) is 17.2 Å². The summed E-state index contributed by atoms with van der Waals surface area (Å²) in [6.45, 7) is 0. The molecule has 0 bridgehead atoms. The number of ether oxygens (including phenoxy) is 3. The Morgan fingerprint density at radius 2 is 1.62 bits per heavy atom. The van der Waals surface area contributed by atoms with E-state index >= 15 is 0 Å². The van der Waals surface area contributed by atoms with Crippen LogP contribution in [0.2, 0.25) is 10.0 Å². The molecule has 0 spiro atoms. The molecule has 0 aliphatic heterocycles. The second-order valence-corrected chi connectivity index (χ2v) is 4.88. The lowest BCUT2D eigenvalue weighted by Gasteiger charge is -2.10. The van der Waals surface area contributed by atoms with Crippen LogP contribution in [-0.2, 0) is 0 Å². The van der Waals surface area contributed by atoms with E-state index < -0.39 is 5.97 Å². The zero-order chi connectivity index (χ0) is 15.4. The molecule has 2 rings (SSSR count). The van der Waals surface area contributed by atoms with E-state index in [2.05, 4.69) is 0 Å². The molecule has 0 heterocycles. The molecular weight excluding hydrogens is 315 g/mol. The van der Waals surface area contributed by atoms with Crippen LogP contribution in [-0.4, -0.2) is 20.2 Å². The van der Waals surface area contributed by atoms with Gasteiger partial charge in [0.05, 0.1) is 24.8 Å². The maximum absolute atomic E-state index is 12.1. The molecule has 21 heavy (non-hydrogen) atoms. The second kappa shape index (κ2) is 6.70. The number of benzene rings is 2. The number of carbonyl (C=O) groups is 1. The largest absolute Gasteiger partial charge is 0.493 e. The lowest BCUT2D eigenvalue weighted by atomic mass is 10.2. The number of halogens is 2. The summed E-state index contributed by atoms with van der Waals surface area (Å²) in [5, 5.41) is 0.725. The van der Waals surface area contributed by atoms with Crippen LogP contribution in [0.3, 0.4) is 0 Å². The van der Waals surface area contributed by atoms with Crippen molar-refractivity contribution in [1.82, 2.24) is 0 Å². The van der Waals surface area contributed by atoms with Crippen LogP contribution in [0.25, 0.3) is 0 Å². The monoisotopic (exact) mass is 326 g/mol. The third-order valence-corrected chi connectivity index (χ3v) is 3.26. The van der Waals surface area contributed by atoms with Crippen molar-refractivity contribution in [2.24, 2.45) is 0 Å². The van der Waals surface area contributed by atoms with Crippen LogP contribution >= 0.6 is 23.2 Å². The molecule has 0 fully saturated rings. The first-order valence-electron chi connectivity index (χ1n) is 5.94. The molecule has 0 saturated carbocycles. The molecule has 0 aliphatic carbocycles. The van der Waals surface area contributed by atoms with E-state index in [4.69, 9.17) is 37.4 Å². The van der Waals surface area contributed by atoms with Crippen LogP contribution in [0, 0.1) is 0 Å². The molecule has 2 aromatic carbocycles. The van der Waals surface area contributed by atoms with Crippen molar-refractivity contribution in [3.8, 4) is 17.2 Å². The molecule has 0 saturated heterocycles. The first-order chi connectivity index (χ1) is 10.0. The van der Waals surface area contributed by atoms with Gasteiger partial charge in [0.25, 0.3) is 0 Å². The normalized spacial score (nSPS) is 10.1. The fourth-order valence-electron chi connectivity index (χ4n) is 1.68. The van der Waals surface area contributed by atoms with Crippen molar-refractivity contribution in [2.45, 2.75) is 0 Å². The van der Waals surface area contributed by atoms with Crippen LogP contribution in [0.4, 0.5) is 0 Å². The number of rotatable bonds is 4. The minimum absolute atomic E-state index is 0.198. The SMILES string of the molecule is COc1ccc(C(=O)Oc2cc(Cl)ccc2Cl)cc1OC. The number of methoxy groups -OCH3 is 2. The summed E-state index contributed by atoms with van der Waals surface area (Å²) in [7, 11) is 3.00. The Labute approximate surface area is 132 Å². The van der Waals surface area contributed by atoms with E-state index in [9.17, 15) is 4.79 Å². The molecule has 2 aromatic rings. The second-order valence-electron chi connectivity index (χ2n) is 4.03. The van der Waals surface area contributed by atoms with Gasteiger partial charge in [-0.05, 0) is 30.3 Å². The lowest BCUT2D eigenvalue weighted by Crippen LogP contribution is -2.09. The maximum atomic E-state index is 12.1. The minimum atomic E-state index is -0.569. The summed E-state index contributed by atoms with van der Waals surface area (Å²) in [5.41, 5.74) is 0.309. The molecule has 6 heteroatoms. The number of hydrogen-bond donors (Lipinski definition) is 0. The van der Waals surface area contributed by atoms with Gasteiger partial charge in [0.2, 0.25) is 0 Å².